The molecule has 0 amide bonds. The van der Waals surface area contributed by atoms with E-state index in [1.807, 2.05) is 11.3 Å². The Labute approximate surface area is 164 Å². The summed E-state index contributed by atoms with van der Waals surface area (Å²) in [4.78, 5) is 2.77. The number of thiophene rings is 1. The van der Waals surface area contributed by atoms with E-state index < -0.39 is 17.7 Å². The molecule has 148 valence electrons. The first-order valence-corrected chi connectivity index (χ1v) is 10.8. The summed E-state index contributed by atoms with van der Waals surface area (Å²) in [6.45, 7) is 2.67. The Morgan fingerprint density at radius 3 is 2.44 bits per heavy atom. The van der Waals surface area contributed by atoms with Crippen LogP contribution in [0.3, 0.4) is 0 Å². The number of aryl methyl sites for hydroxylation is 2. The van der Waals surface area contributed by atoms with Crippen molar-refractivity contribution >= 4 is 11.3 Å². The van der Waals surface area contributed by atoms with E-state index in [1.54, 1.807) is 0 Å². The Hall–Kier alpha value is -1.30. The molecular weight excluding hydrogens is 364 g/mol. The predicted octanol–water partition coefficient (Wildman–Crippen LogP) is 5.33. The minimum atomic E-state index is -0.566. The fraction of sp³-hybridized carbons (Fsp3) is 0.545. The van der Waals surface area contributed by atoms with Crippen molar-refractivity contribution in [1.29, 1.82) is 0 Å². The quantitative estimate of drug-likeness (QED) is 0.635. The molecule has 1 aromatic carbocycles. The van der Waals surface area contributed by atoms with Gasteiger partial charge in [0.05, 0.1) is 11.6 Å². The Morgan fingerprint density at radius 1 is 1.11 bits per heavy atom. The number of rotatable bonds is 8. The molecule has 1 aliphatic rings. The van der Waals surface area contributed by atoms with Gasteiger partial charge in [-0.2, -0.15) is 0 Å². The minimum absolute atomic E-state index is 0.0394. The molecule has 0 saturated heterocycles. The fourth-order valence-corrected chi connectivity index (χ4v) is 5.17. The molecule has 1 atom stereocenters. The van der Waals surface area contributed by atoms with Gasteiger partial charge in [-0.3, -0.25) is 0 Å². The van der Waals surface area contributed by atoms with Crippen molar-refractivity contribution in [3.05, 3.63) is 57.3 Å². The third-order valence-electron chi connectivity index (χ3n) is 5.55. The van der Waals surface area contributed by atoms with Gasteiger partial charge < -0.3 is 10.4 Å². The van der Waals surface area contributed by atoms with E-state index in [-0.39, 0.29) is 5.54 Å². The summed E-state index contributed by atoms with van der Waals surface area (Å²) >= 11 is 1.88. The summed E-state index contributed by atoms with van der Waals surface area (Å²) in [6, 6.07) is 8.00. The van der Waals surface area contributed by atoms with Gasteiger partial charge in [0.15, 0.2) is 0 Å². The van der Waals surface area contributed by atoms with Crippen LogP contribution in [0.5, 0.6) is 0 Å². The molecular formula is C22H29F2NOS. The van der Waals surface area contributed by atoms with Crippen LogP contribution >= 0.6 is 11.3 Å². The molecule has 1 aliphatic carbocycles. The Balaban J connectivity index is 1.59. The van der Waals surface area contributed by atoms with Gasteiger partial charge >= 0.3 is 0 Å². The molecule has 1 aromatic heterocycles. The zero-order valence-corrected chi connectivity index (χ0v) is 16.8. The monoisotopic (exact) mass is 393 g/mol. The smallest absolute Gasteiger partial charge is 0.126 e. The van der Waals surface area contributed by atoms with E-state index in [2.05, 4.69) is 24.4 Å². The van der Waals surface area contributed by atoms with Crippen LogP contribution in [0.1, 0.15) is 60.8 Å². The molecule has 0 bridgehead atoms. The van der Waals surface area contributed by atoms with Gasteiger partial charge in [0.2, 0.25) is 0 Å². The maximum atomic E-state index is 13.3. The lowest BCUT2D eigenvalue weighted by Gasteiger charge is -2.38. The van der Waals surface area contributed by atoms with Crippen molar-refractivity contribution in [2.75, 3.05) is 6.54 Å². The lowest BCUT2D eigenvalue weighted by Crippen LogP contribution is -2.46. The first kappa shape index (κ1) is 20.4. The van der Waals surface area contributed by atoms with Gasteiger partial charge in [-0.1, -0.05) is 26.2 Å². The lowest BCUT2D eigenvalue weighted by atomic mass is 9.80. The van der Waals surface area contributed by atoms with Crippen LogP contribution in [0.15, 0.2) is 30.3 Å². The molecule has 2 N–H and O–H groups in total. The summed E-state index contributed by atoms with van der Waals surface area (Å²) in [5.74, 6) is -1.13. The molecule has 1 heterocycles. The van der Waals surface area contributed by atoms with Crippen LogP contribution < -0.4 is 5.32 Å². The maximum absolute atomic E-state index is 13.3. The van der Waals surface area contributed by atoms with E-state index >= 15 is 0 Å². The first-order valence-electron chi connectivity index (χ1n) is 9.98. The van der Waals surface area contributed by atoms with Crippen molar-refractivity contribution in [3.63, 3.8) is 0 Å². The number of hydrogen-bond acceptors (Lipinski definition) is 3. The van der Waals surface area contributed by atoms with Crippen LogP contribution in [-0.2, 0) is 18.4 Å². The SMILES string of the molecule is CCc1ccc(C2(NC[C@@H](O)CCc3cc(F)cc(F)c3)CCCCC2)s1. The van der Waals surface area contributed by atoms with Gasteiger partial charge in [-0.05, 0) is 61.9 Å². The molecule has 3 rings (SSSR count). The molecule has 0 radical (unpaired) electrons. The van der Waals surface area contributed by atoms with E-state index in [1.165, 1.54) is 41.1 Å². The second-order valence-electron chi connectivity index (χ2n) is 7.61. The molecule has 5 heteroatoms. The van der Waals surface area contributed by atoms with Crippen molar-refractivity contribution in [2.24, 2.45) is 0 Å². The van der Waals surface area contributed by atoms with E-state index in [0.717, 1.165) is 25.3 Å². The second kappa shape index (κ2) is 9.26. The highest BCUT2D eigenvalue weighted by Gasteiger charge is 2.35. The molecule has 1 saturated carbocycles. The summed E-state index contributed by atoms with van der Waals surface area (Å²) in [6.07, 6.45) is 7.31. The second-order valence-corrected chi connectivity index (χ2v) is 8.78. The van der Waals surface area contributed by atoms with Gasteiger partial charge in [0.1, 0.15) is 11.6 Å². The van der Waals surface area contributed by atoms with Gasteiger partial charge in [0, 0.05) is 22.4 Å². The van der Waals surface area contributed by atoms with Gasteiger partial charge in [-0.15, -0.1) is 11.3 Å². The number of benzene rings is 1. The van der Waals surface area contributed by atoms with Crippen molar-refractivity contribution in [1.82, 2.24) is 5.32 Å². The van der Waals surface area contributed by atoms with E-state index in [0.29, 0.717) is 24.9 Å². The van der Waals surface area contributed by atoms with Crippen LogP contribution in [0.25, 0.3) is 0 Å². The highest BCUT2D eigenvalue weighted by Crippen LogP contribution is 2.40. The van der Waals surface area contributed by atoms with Gasteiger partial charge in [0.25, 0.3) is 0 Å². The largest absolute Gasteiger partial charge is 0.392 e. The summed E-state index contributed by atoms with van der Waals surface area (Å²) < 4.78 is 26.6. The average molecular weight is 394 g/mol. The van der Waals surface area contributed by atoms with Crippen molar-refractivity contribution < 1.29 is 13.9 Å². The van der Waals surface area contributed by atoms with Crippen LogP contribution in [0.4, 0.5) is 8.78 Å². The van der Waals surface area contributed by atoms with E-state index in [4.69, 9.17) is 0 Å². The molecule has 1 fully saturated rings. The third kappa shape index (κ3) is 5.37. The zero-order chi connectivity index (χ0) is 19.3. The summed E-state index contributed by atoms with van der Waals surface area (Å²) in [7, 11) is 0. The maximum Gasteiger partial charge on any atom is 0.126 e. The fourth-order valence-electron chi connectivity index (χ4n) is 3.99. The molecule has 0 spiro atoms. The number of hydrogen-bond donors (Lipinski definition) is 2. The first-order chi connectivity index (χ1) is 13.0. The molecule has 2 aromatic rings. The highest BCUT2D eigenvalue weighted by molar-refractivity contribution is 7.12. The predicted molar refractivity (Wildman–Crippen MR) is 107 cm³/mol. The normalized spacial score (nSPS) is 17.8. The van der Waals surface area contributed by atoms with Gasteiger partial charge in [-0.25, -0.2) is 8.78 Å². The summed E-state index contributed by atoms with van der Waals surface area (Å²) in [5.41, 5.74) is 0.548. The third-order valence-corrected chi connectivity index (χ3v) is 6.99. The van der Waals surface area contributed by atoms with E-state index in [9.17, 15) is 13.9 Å². The Kier molecular flexibility index (Phi) is 7.01. The topological polar surface area (TPSA) is 32.3 Å². The Morgan fingerprint density at radius 2 is 1.81 bits per heavy atom. The standard InChI is InChI=1S/C22H29F2NOS/c1-2-20-8-9-21(27-20)22(10-4-3-5-11-22)25-15-19(26)7-6-16-12-17(23)14-18(24)13-16/h8-9,12-14,19,25-26H,2-7,10-11,15H2,1H3/t19-/m0/s1. The number of aliphatic hydroxyl groups excluding tert-OH is 1. The molecule has 0 aliphatic heterocycles. The van der Waals surface area contributed by atoms with Crippen molar-refractivity contribution in [3.8, 4) is 0 Å². The molecule has 0 unspecified atom stereocenters. The number of aliphatic hydroxyl groups is 1. The lowest BCUT2D eigenvalue weighted by molar-refractivity contribution is 0.133. The summed E-state index contributed by atoms with van der Waals surface area (Å²) in [5, 5.41) is 14.1. The average Bonchev–Trinajstić information content (AvgIpc) is 3.15. The molecule has 2 nitrogen and oxygen atoms in total. The Bertz CT molecular complexity index is 719. The molecule has 27 heavy (non-hydrogen) atoms. The number of nitrogens with one attached hydrogen (secondary N) is 1. The zero-order valence-electron chi connectivity index (χ0n) is 15.9. The number of halogens is 2. The van der Waals surface area contributed by atoms with Crippen LogP contribution in [0, 0.1) is 11.6 Å². The van der Waals surface area contributed by atoms with Crippen LogP contribution in [0.2, 0.25) is 0 Å². The highest BCUT2D eigenvalue weighted by atomic mass is 32.1. The minimum Gasteiger partial charge on any atom is -0.392 e. The van der Waals surface area contributed by atoms with Crippen molar-refractivity contribution in [2.45, 2.75) is 69.9 Å². The van der Waals surface area contributed by atoms with Crippen LogP contribution in [-0.4, -0.2) is 17.8 Å².